The van der Waals surface area contributed by atoms with Crippen LogP contribution in [0.15, 0.2) is 65.0 Å². The zero-order valence-electron chi connectivity index (χ0n) is 20.3. The van der Waals surface area contributed by atoms with Gasteiger partial charge in [-0.25, -0.2) is 0 Å². The van der Waals surface area contributed by atoms with Crippen LogP contribution in [-0.2, 0) is 18.4 Å². The number of rotatable bonds is 9. The van der Waals surface area contributed by atoms with E-state index in [1.54, 1.807) is 30.9 Å². The van der Waals surface area contributed by atoms with Crippen LogP contribution in [0.25, 0.3) is 21.9 Å². The Labute approximate surface area is 196 Å². The maximum atomic E-state index is 13.1. The van der Waals surface area contributed by atoms with Crippen molar-refractivity contribution in [2.45, 2.75) is 46.6 Å². The molecule has 2 aromatic carbocycles. The lowest BCUT2D eigenvalue weighted by molar-refractivity contribution is -0.122. The molecule has 0 aliphatic heterocycles. The summed E-state index contributed by atoms with van der Waals surface area (Å²) in [6.45, 7) is 6.56. The summed E-state index contributed by atoms with van der Waals surface area (Å²) in [7, 11) is 3.38. The first-order valence-electron chi connectivity index (χ1n) is 11.5. The maximum Gasteiger partial charge on any atom is 0.258 e. The molecule has 1 atom stereocenters. The van der Waals surface area contributed by atoms with Crippen LogP contribution < -0.4 is 15.6 Å². The van der Waals surface area contributed by atoms with Gasteiger partial charge in [0.15, 0.2) is 0 Å². The van der Waals surface area contributed by atoms with E-state index in [1.807, 2.05) is 36.4 Å². The number of carbonyl (C=O) groups excluding carboxylic acids is 1. The molecule has 1 heterocycles. The Bertz CT molecular complexity index is 1210. The van der Waals surface area contributed by atoms with Crippen molar-refractivity contribution in [2.24, 2.45) is 13.0 Å². The van der Waals surface area contributed by atoms with E-state index in [1.165, 1.54) is 5.57 Å². The van der Waals surface area contributed by atoms with Crippen molar-refractivity contribution in [3.63, 3.8) is 0 Å². The minimum absolute atomic E-state index is 0.00287. The van der Waals surface area contributed by atoms with Gasteiger partial charge in [-0.3, -0.25) is 9.59 Å². The van der Waals surface area contributed by atoms with Crippen molar-refractivity contribution < 1.29 is 9.53 Å². The molecule has 0 spiro atoms. The van der Waals surface area contributed by atoms with Crippen molar-refractivity contribution in [2.75, 3.05) is 7.11 Å². The highest BCUT2D eigenvalue weighted by Crippen LogP contribution is 2.32. The molecular weight excluding hydrogens is 412 g/mol. The zero-order valence-corrected chi connectivity index (χ0v) is 20.3. The third-order valence-electron chi connectivity index (χ3n) is 5.99. The zero-order chi connectivity index (χ0) is 24.0. The number of carbonyl (C=O) groups is 1. The van der Waals surface area contributed by atoms with Crippen LogP contribution in [0.3, 0.4) is 0 Å². The number of allylic oxidation sites excluding steroid dienone is 2. The van der Waals surface area contributed by atoms with Crippen molar-refractivity contribution in [3.8, 4) is 16.9 Å². The molecule has 3 rings (SSSR count). The molecular formula is C28H34N2O3. The second kappa shape index (κ2) is 11.0. The van der Waals surface area contributed by atoms with Crippen LogP contribution in [0.5, 0.6) is 5.75 Å². The number of fused-ring (bicyclic) bond motifs is 1. The molecule has 5 nitrogen and oxygen atoms in total. The molecule has 0 bridgehead atoms. The Kier molecular flexibility index (Phi) is 8.10. The molecule has 0 unspecified atom stereocenters. The Hall–Kier alpha value is -3.34. The Morgan fingerprint density at radius 2 is 1.85 bits per heavy atom. The third kappa shape index (κ3) is 5.92. The summed E-state index contributed by atoms with van der Waals surface area (Å²) in [4.78, 5) is 25.8. The number of amides is 1. The van der Waals surface area contributed by atoms with Gasteiger partial charge in [0.25, 0.3) is 5.56 Å². The lowest BCUT2D eigenvalue weighted by atomic mass is 9.96. The summed E-state index contributed by atoms with van der Waals surface area (Å²) in [6.07, 6.45) is 4.63. The minimum atomic E-state index is -0.0910. The molecule has 0 aliphatic rings. The van der Waals surface area contributed by atoms with Gasteiger partial charge in [0.1, 0.15) is 5.75 Å². The predicted molar refractivity (Wildman–Crippen MR) is 135 cm³/mol. The van der Waals surface area contributed by atoms with Gasteiger partial charge in [-0.05, 0) is 56.4 Å². The first-order valence-corrected chi connectivity index (χ1v) is 11.5. The molecule has 0 saturated carbocycles. The van der Waals surface area contributed by atoms with Crippen LogP contribution >= 0.6 is 0 Å². The number of nitrogens with one attached hydrogen (secondary N) is 1. The summed E-state index contributed by atoms with van der Waals surface area (Å²) in [5.41, 5.74) is 3.91. The lowest BCUT2D eigenvalue weighted by Crippen LogP contribution is -2.30. The molecule has 1 amide bonds. The fraction of sp³-hybridized carbons (Fsp3) is 0.357. The number of ether oxygens (including phenoxy) is 1. The van der Waals surface area contributed by atoms with Gasteiger partial charge in [-0.1, -0.05) is 48.9 Å². The van der Waals surface area contributed by atoms with E-state index in [2.05, 4.69) is 32.2 Å². The number of benzene rings is 2. The number of aromatic nitrogens is 1. The highest BCUT2D eigenvalue weighted by molar-refractivity contribution is 5.98. The van der Waals surface area contributed by atoms with Gasteiger partial charge in [-0.15, -0.1) is 0 Å². The molecule has 0 aliphatic carbocycles. The summed E-state index contributed by atoms with van der Waals surface area (Å²) in [5.74, 6) is 0.976. The monoisotopic (exact) mass is 446 g/mol. The lowest BCUT2D eigenvalue weighted by Gasteiger charge is -2.19. The van der Waals surface area contributed by atoms with E-state index in [0.29, 0.717) is 23.5 Å². The van der Waals surface area contributed by atoms with Gasteiger partial charge in [0.05, 0.1) is 13.7 Å². The van der Waals surface area contributed by atoms with Gasteiger partial charge in [0.2, 0.25) is 5.91 Å². The molecule has 1 aromatic heterocycles. The van der Waals surface area contributed by atoms with E-state index in [0.717, 1.165) is 35.0 Å². The summed E-state index contributed by atoms with van der Waals surface area (Å²) < 4.78 is 7.08. The second-order valence-electron chi connectivity index (χ2n) is 8.91. The normalized spacial score (nSPS) is 11.8. The molecule has 0 saturated heterocycles. The number of hydrogen-bond acceptors (Lipinski definition) is 3. The standard InChI is InChI=1S/C28H34N2O3/c1-19(2)10-9-11-20(3)16-26(31)29-18-25-27(21-12-7-6-8-13-21)24-17-22(33-5)14-15-23(24)28(32)30(25)4/h6-8,10,12-15,17,20H,9,11,16,18H2,1-5H3,(H,29,31)/t20-/m1/s1. The number of nitrogens with zero attached hydrogens (tertiary/aromatic N) is 1. The van der Waals surface area contributed by atoms with Crippen molar-refractivity contribution in [1.29, 1.82) is 0 Å². The third-order valence-corrected chi connectivity index (χ3v) is 5.99. The van der Waals surface area contributed by atoms with Gasteiger partial charge < -0.3 is 14.6 Å². The molecule has 33 heavy (non-hydrogen) atoms. The first-order chi connectivity index (χ1) is 15.8. The average Bonchev–Trinajstić information content (AvgIpc) is 2.80. The van der Waals surface area contributed by atoms with E-state index in [9.17, 15) is 9.59 Å². The van der Waals surface area contributed by atoms with Crippen molar-refractivity contribution in [3.05, 3.63) is 76.2 Å². The smallest absolute Gasteiger partial charge is 0.258 e. The van der Waals surface area contributed by atoms with Crippen LogP contribution in [-0.4, -0.2) is 17.6 Å². The van der Waals surface area contributed by atoms with Crippen LogP contribution in [0.1, 0.15) is 45.7 Å². The van der Waals surface area contributed by atoms with E-state index in [4.69, 9.17) is 4.74 Å². The van der Waals surface area contributed by atoms with Crippen LogP contribution in [0, 0.1) is 5.92 Å². The Morgan fingerprint density at radius 1 is 1.12 bits per heavy atom. The fourth-order valence-corrected chi connectivity index (χ4v) is 4.13. The van der Waals surface area contributed by atoms with Crippen LogP contribution in [0.2, 0.25) is 0 Å². The van der Waals surface area contributed by atoms with Crippen LogP contribution in [0.4, 0.5) is 0 Å². The molecule has 0 radical (unpaired) electrons. The second-order valence-corrected chi connectivity index (χ2v) is 8.91. The topological polar surface area (TPSA) is 60.3 Å². The number of pyridine rings is 1. The SMILES string of the molecule is COc1ccc2c(=O)n(C)c(CNC(=O)C[C@H](C)CCC=C(C)C)c(-c3ccccc3)c2c1. The van der Waals surface area contributed by atoms with E-state index >= 15 is 0 Å². The van der Waals surface area contributed by atoms with Gasteiger partial charge in [-0.2, -0.15) is 0 Å². The van der Waals surface area contributed by atoms with Crippen molar-refractivity contribution >= 4 is 16.7 Å². The van der Waals surface area contributed by atoms with E-state index in [-0.39, 0.29) is 18.0 Å². The Morgan fingerprint density at radius 3 is 2.52 bits per heavy atom. The Balaban J connectivity index is 1.94. The van der Waals surface area contributed by atoms with E-state index < -0.39 is 0 Å². The molecule has 5 heteroatoms. The number of methoxy groups -OCH3 is 1. The van der Waals surface area contributed by atoms with Crippen molar-refractivity contribution in [1.82, 2.24) is 9.88 Å². The van der Waals surface area contributed by atoms with Gasteiger partial charge in [0, 0.05) is 35.5 Å². The first kappa shape index (κ1) is 24.3. The predicted octanol–water partition coefficient (Wildman–Crippen LogP) is 5.60. The number of hydrogen-bond donors (Lipinski definition) is 1. The average molecular weight is 447 g/mol. The molecule has 1 N–H and O–H groups in total. The minimum Gasteiger partial charge on any atom is -0.497 e. The molecule has 3 aromatic rings. The molecule has 0 fully saturated rings. The fourth-order valence-electron chi connectivity index (χ4n) is 4.13. The summed E-state index contributed by atoms with van der Waals surface area (Å²) in [5, 5.41) is 4.50. The maximum absolute atomic E-state index is 13.1. The van der Waals surface area contributed by atoms with Gasteiger partial charge >= 0.3 is 0 Å². The molecule has 174 valence electrons. The highest BCUT2D eigenvalue weighted by atomic mass is 16.5. The largest absolute Gasteiger partial charge is 0.497 e. The highest BCUT2D eigenvalue weighted by Gasteiger charge is 2.18. The summed E-state index contributed by atoms with van der Waals surface area (Å²) >= 11 is 0. The summed E-state index contributed by atoms with van der Waals surface area (Å²) in [6, 6.07) is 15.5. The quantitative estimate of drug-likeness (QED) is 0.435.